The number of likely N-dealkylation sites (tertiary alicyclic amines) is 1. The van der Waals surface area contributed by atoms with Crippen molar-refractivity contribution in [3.63, 3.8) is 0 Å². The van der Waals surface area contributed by atoms with Gasteiger partial charge in [0.25, 0.3) is 5.91 Å². The molecule has 3 aliphatic heterocycles. The largest absolute Gasteiger partial charge is 0.394 e. The monoisotopic (exact) mass is 606 g/mol. The molecule has 3 aliphatic rings. The molecule has 0 saturated carbocycles. The Morgan fingerprint density at radius 3 is 2.51 bits per heavy atom. The SMILES string of the molecule is C[C@H](/C=C/CC(=O)N1CCC[C@H]1CO)[C@@]1(O)C(=O)N(Cc2ccccc2)c2ccc(N3N=C(c4ccccc4)CCC3=O)cc21. The van der Waals surface area contributed by atoms with Crippen molar-refractivity contribution >= 4 is 34.8 Å². The van der Waals surface area contributed by atoms with E-state index in [9.17, 15) is 24.6 Å². The van der Waals surface area contributed by atoms with Gasteiger partial charge in [0.15, 0.2) is 5.60 Å². The van der Waals surface area contributed by atoms with Crippen LogP contribution >= 0.6 is 0 Å². The van der Waals surface area contributed by atoms with Crippen LogP contribution in [0, 0.1) is 5.92 Å². The number of aliphatic hydroxyl groups excluding tert-OH is 1. The van der Waals surface area contributed by atoms with Crippen molar-refractivity contribution in [2.75, 3.05) is 23.1 Å². The molecule has 3 amide bonds. The first-order valence-corrected chi connectivity index (χ1v) is 15.6. The number of hydrogen-bond donors (Lipinski definition) is 2. The number of anilines is 2. The van der Waals surface area contributed by atoms with Gasteiger partial charge in [0.05, 0.1) is 36.3 Å². The van der Waals surface area contributed by atoms with Gasteiger partial charge in [-0.2, -0.15) is 5.10 Å². The summed E-state index contributed by atoms with van der Waals surface area (Å²) < 4.78 is 0. The van der Waals surface area contributed by atoms with Crippen molar-refractivity contribution in [3.8, 4) is 0 Å². The Morgan fingerprint density at radius 2 is 1.78 bits per heavy atom. The average Bonchev–Trinajstić information content (AvgIpc) is 3.64. The summed E-state index contributed by atoms with van der Waals surface area (Å²) in [5.41, 5.74) is 2.11. The minimum Gasteiger partial charge on any atom is -0.394 e. The number of hydrogen-bond acceptors (Lipinski definition) is 6. The van der Waals surface area contributed by atoms with Crippen LogP contribution in [0.15, 0.2) is 96.1 Å². The standard InChI is InChI=1S/C36H38N4O5/c1-25(10-8-16-33(42)38-21-9-15-29(38)24-41)36(45)30-22-28(40-34(43)20-18-31(37-40)27-13-6-3-7-14-27)17-19-32(30)39(35(36)44)23-26-11-4-2-5-12-26/h2-8,10-14,17,19,22,25,29,41,45H,9,15-16,18,20-21,23-24H2,1H3/b10-8+/t25-,29+,36+/m1/s1. The summed E-state index contributed by atoms with van der Waals surface area (Å²) in [6.07, 6.45) is 5.95. The van der Waals surface area contributed by atoms with Crippen LogP contribution in [0.25, 0.3) is 0 Å². The maximum Gasteiger partial charge on any atom is 0.264 e. The fraction of sp³-hybridized carbons (Fsp3) is 0.333. The van der Waals surface area contributed by atoms with E-state index < -0.39 is 17.4 Å². The maximum atomic E-state index is 14.1. The molecule has 0 spiro atoms. The van der Waals surface area contributed by atoms with Crippen LogP contribution in [-0.2, 0) is 26.5 Å². The van der Waals surface area contributed by atoms with Crippen LogP contribution < -0.4 is 9.91 Å². The lowest BCUT2D eigenvalue weighted by atomic mass is 9.82. The van der Waals surface area contributed by atoms with Gasteiger partial charge >= 0.3 is 0 Å². The molecule has 1 fully saturated rings. The van der Waals surface area contributed by atoms with Crippen molar-refractivity contribution in [2.45, 2.75) is 57.2 Å². The van der Waals surface area contributed by atoms with Crippen LogP contribution in [-0.4, -0.2) is 57.7 Å². The van der Waals surface area contributed by atoms with Crippen LogP contribution in [0.2, 0.25) is 0 Å². The van der Waals surface area contributed by atoms with E-state index in [1.807, 2.05) is 60.7 Å². The Morgan fingerprint density at radius 1 is 1.04 bits per heavy atom. The highest BCUT2D eigenvalue weighted by molar-refractivity contribution is 6.10. The summed E-state index contributed by atoms with van der Waals surface area (Å²) in [5.74, 6) is -1.43. The highest BCUT2D eigenvalue weighted by Crippen LogP contribution is 2.47. The highest BCUT2D eigenvalue weighted by Gasteiger charge is 2.53. The van der Waals surface area contributed by atoms with Crippen molar-refractivity contribution in [1.29, 1.82) is 0 Å². The lowest BCUT2D eigenvalue weighted by molar-refractivity contribution is -0.139. The maximum absolute atomic E-state index is 14.1. The van der Waals surface area contributed by atoms with E-state index in [-0.39, 0.29) is 43.8 Å². The zero-order chi connectivity index (χ0) is 31.6. The first-order valence-electron chi connectivity index (χ1n) is 15.6. The Kier molecular flexibility index (Phi) is 8.65. The van der Waals surface area contributed by atoms with Crippen LogP contribution in [0.5, 0.6) is 0 Å². The minimum absolute atomic E-state index is 0.0626. The fourth-order valence-corrected chi connectivity index (χ4v) is 6.57. The van der Waals surface area contributed by atoms with Gasteiger partial charge in [0.2, 0.25) is 11.8 Å². The van der Waals surface area contributed by atoms with Crippen molar-refractivity contribution < 1.29 is 24.6 Å². The highest BCUT2D eigenvalue weighted by atomic mass is 16.3. The third-order valence-corrected chi connectivity index (χ3v) is 9.10. The first-order chi connectivity index (χ1) is 21.8. The predicted octanol–water partition coefficient (Wildman–Crippen LogP) is 4.52. The third kappa shape index (κ3) is 5.81. The summed E-state index contributed by atoms with van der Waals surface area (Å²) >= 11 is 0. The topological polar surface area (TPSA) is 114 Å². The van der Waals surface area contributed by atoms with Gasteiger partial charge in [-0.05, 0) is 42.2 Å². The number of carbonyl (C=O) groups is 3. The summed E-state index contributed by atoms with van der Waals surface area (Å²) in [5, 5.41) is 28.0. The molecule has 9 heteroatoms. The van der Waals surface area contributed by atoms with Gasteiger partial charge in [0.1, 0.15) is 0 Å². The predicted molar refractivity (Wildman–Crippen MR) is 172 cm³/mol. The minimum atomic E-state index is -1.94. The zero-order valence-electron chi connectivity index (χ0n) is 25.4. The molecule has 3 aromatic rings. The number of rotatable bonds is 9. The third-order valence-electron chi connectivity index (χ3n) is 9.10. The average molecular weight is 607 g/mol. The molecule has 0 unspecified atom stereocenters. The van der Waals surface area contributed by atoms with Crippen LogP contribution in [0.1, 0.15) is 55.7 Å². The summed E-state index contributed by atoms with van der Waals surface area (Å²) in [4.78, 5) is 43.4. The molecule has 6 rings (SSSR count). The number of nitrogens with zero attached hydrogens (tertiary/aromatic N) is 4. The molecule has 2 N–H and O–H groups in total. The molecule has 232 valence electrons. The van der Waals surface area contributed by atoms with Gasteiger partial charge in [-0.3, -0.25) is 14.4 Å². The molecule has 0 aromatic heterocycles. The second kappa shape index (κ2) is 12.8. The quantitative estimate of drug-likeness (QED) is 0.348. The molecule has 1 saturated heterocycles. The summed E-state index contributed by atoms with van der Waals surface area (Å²) in [7, 11) is 0. The zero-order valence-corrected chi connectivity index (χ0v) is 25.4. The van der Waals surface area contributed by atoms with E-state index >= 15 is 0 Å². The number of amides is 3. The van der Waals surface area contributed by atoms with E-state index in [2.05, 4.69) is 0 Å². The van der Waals surface area contributed by atoms with Gasteiger partial charge in [0, 0.05) is 37.3 Å². The van der Waals surface area contributed by atoms with Crippen LogP contribution in [0.4, 0.5) is 11.4 Å². The van der Waals surface area contributed by atoms with Gasteiger partial charge in [-0.1, -0.05) is 79.7 Å². The Labute approximate surface area is 263 Å². The lowest BCUT2D eigenvalue weighted by Gasteiger charge is -2.29. The number of fused-ring (bicyclic) bond motifs is 1. The molecule has 0 radical (unpaired) electrons. The van der Waals surface area contributed by atoms with Gasteiger partial charge in [-0.15, -0.1) is 0 Å². The van der Waals surface area contributed by atoms with Crippen molar-refractivity contribution in [1.82, 2.24) is 4.90 Å². The van der Waals surface area contributed by atoms with E-state index in [4.69, 9.17) is 5.10 Å². The molecule has 3 atom stereocenters. The van der Waals surface area contributed by atoms with E-state index in [1.54, 1.807) is 47.1 Å². The van der Waals surface area contributed by atoms with E-state index in [1.165, 1.54) is 5.01 Å². The second-order valence-electron chi connectivity index (χ2n) is 11.9. The Balaban J connectivity index is 1.33. The normalized spacial score (nSPS) is 22.2. The molecule has 0 bridgehead atoms. The van der Waals surface area contributed by atoms with Gasteiger partial charge in [-0.25, -0.2) is 5.01 Å². The number of aliphatic hydroxyl groups is 2. The second-order valence-corrected chi connectivity index (χ2v) is 11.9. The fourth-order valence-electron chi connectivity index (χ4n) is 6.57. The molecule has 0 aliphatic carbocycles. The van der Waals surface area contributed by atoms with Crippen molar-refractivity contribution in [2.24, 2.45) is 11.0 Å². The molecular formula is C36H38N4O5. The molecule has 9 nitrogen and oxygen atoms in total. The van der Waals surface area contributed by atoms with Crippen LogP contribution in [0.3, 0.4) is 0 Å². The number of benzene rings is 3. The summed E-state index contributed by atoms with van der Waals surface area (Å²) in [6, 6.07) is 24.3. The molecular weight excluding hydrogens is 568 g/mol. The first kappa shape index (κ1) is 30.4. The van der Waals surface area contributed by atoms with E-state index in [0.717, 1.165) is 29.7 Å². The smallest absolute Gasteiger partial charge is 0.264 e. The molecule has 45 heavy (non-hydrogen) atoms. The van der Waals surface area contributed by atoms with E-state index in [0.29, 0.717) is 29.9 Å². The summed E-state index contributed by atoms with van der Waals surface area (Å²) in [6.45, 7) is 2.57. The molecule has 3 heterocycles. The Bertz CT molecular complexity index is 1640. The van der Waals surface area contributed by atoms with Crippen molar-refractivity contribution in [3.05, 3.63) is 108 Å². The number of hydrazone groups is 1. The Hall–Kier alpha value is -4.60. The molecule has 3 aromatic carbocycles. The number of carbonyl (C=O) groups excluding carboxylic acids is 3. The van der Waals surface area contributed by atoms with Gasteiger partial charge < -0.3 is 20.0 Å². The lowest BCUT2D eigenvalue weighted by Crippen LogP contribution is -2.44.